The van der Waals surface area contributed by atoms with Crippen LogP contribution >= 0.6 is 0 Å². The summed E-state index contributed by atoms with van der Waals surface area (Å²) < 4.78 is 36.8. The van der Waals surface area contributed by atoms with Crippen molar-refractivity contribution in [2.45, 2.75) is 19.5 Å². The second kappa shape index (κ2) is 5.03. The number of carboxylic acid groups (broad SMARTS) is 1. The zero-order valence-electron chi connectivity index (χ0n) is 9.08. The van der Waals surface area contributed by atoms with E-state index in [-0.39, 0.29) is 5.57 Å². The molecule has 0 heterocycles. The van der Waals surface area contributed by atoms with E-state index in [4.69, 9.17) is 5.11 Å². The number of halogens is 3. The Bertz CT molecular complexity index is 430. The molecule has 0 radical (unpaired) electrons. The highest BCUT2D eigenvalue weighted by atomic mass is 19.4. The minimum atomic E-state index is -4.37. The van der Waals surface area contributed by atoms with E-state index in [1.807, 2.05) is 0 Å². The first kappa shape index (κ1) is 13.3. The third-order valence-electron chi connectivity index (χ3n) is 2.23. The fraction of sp³-hybridized carbons (Fsp3) is 0.250. The maximum atomic E-state index is 12.3. The lowest BCUT2D eigenvalue weighted by molar-refractivity contribution is -0.137. The fourth-order valence-electron chi connectivity index (χ4n) is 1.28. The fourth-order valence-corrected chi connectivity index (χ4v) is 1.28. The summed E-state index contributed by atoms with van der Waals surface area (Å²) in [6.07, 6.45) is -2.69. The first-order valence-electron chi connectivity index (χ1n) is 4.95. The van der Waals surface area contributed by atoms with Gasteiger partial charge in [-0.2, -0.15) is 13.2 Å². The molecule has 2 nitrogen and oxygen atoms in total. The summed E-state index contributed by atoms with van der Waals surface area (Å²) in [7, 11) is 0. The van der Waals surface area contributed by atoms with Gasteiger partial charge in [0, 0.05) is 5.57 Å². The van der Waals surface area contributed by atoms with Gasteiger partial charge >= 0.3 is 12.1 Å². The number of hydrogen-bond acceptors (Lipinski definition) is 1. The summed E-state index contributed by atoms with van der Waals surface area (Å²) in [6, 6.07) is 4.37. The molecule has 0 aliphatic heterocycles. The average molecular weight is 244 g/mol. The van der Waals surface area contributed by atoms with Crippen molar-refractivity contribution in [3.63, 3.8) is 0 Å². The molecule has 0 atom stereocenters. The molecular weight excluding hydrogens is 233 g/mol. The Balaban J connectivity index is 3.00. The van der Waals surface area contributed by atoms with Gasteiger partial charge in [0.1, 0.15) is 0 Å². The first-order chi connectivity index (χ1) is 7.84. The molecule has 1 aromatic rings. The molecule has 0 saturated carbocycles. The highest BCUT2D eigenvalue weighted by molar-refractivity contribution is 5.92. The molecule has 0 aliphatic carbocycles. The van der Waals surface area contributed by atoms with Crippen molar-refractivity contribution in [1.82, 2.24) is 0 Å². The second-order valence-corrected chi connectivity index (χ2v) is 3.45. The number of aliphatic carboxylic acids is 1. The van der Waals surface area contributed by atoms with Crippen molar-refractivity contribution in [1.29, 1.82) is 0 Å². The van der Waals surface area contributed by atoms with Gasteiger partial charge in [-0.15, -0.1) is 0 Å². The topological polar surface area (TPSA) is 37.3 Å². The Morgan fingerprint density at radius 2 is 1.82 bits per heavy atom. The summed E-state index contributed by atoms with van der Waals surface area (Å²) in [5.74, 6) is -1.06. The van der Waals surface area contributed by atoms with Crippen molar-refractivity contribution < 1.29 is 23.1 Å². The quantitative estimate of drug-likeness (QED) is 0.825. The van der Waals surface area contributed by atoms with Gasteiger partial charge in [0.25, 0.3) is 0 Å². The van der Waals surface area contributed by atoms with E-state index in [9.17, 15) is 18.0 Å². The minimum absolute atomic E-state index is 0.157. The van der Waals surface area contributed by atoms with E-state index < -0.39 is 17.7 Å². The highest BCUT2D eigenvalue weighted by Gasteiger charge is 2.29. The Hall–Kier alpha value is -1.78. The van der Waals surface area contributed by atoms with Gasteiger partial charge in [-0.1, -0.05) is 19.1 Å². The molecular formula is C12H11F3O2. The molecule has 17 heavy (non-hydrogen) atoms. The maximum Gasteiger partial charge on any atom is 0.416 e. The molecule has 5 heteroatoms. The first-order valence-corrected chi connectivity index (χ1v) is 4.95. The third kappa shape index (κ3) is 3.62. The molecule has 0 amide bonds. The van der Waals surface area contributed by atoms with E-state index in [1.165, 1.54) is 18.2 Å². The zero-order chi connectivity index (χ0) is 13.1. The average Bonchev–Trinajstić information content (AvgIpc) is 2.25. The molecule has 0 aliphatic rings. The second-order valence-electron chi connectivity index (χ2n) is 3.45. The van der Waals surface area contributed by atoms with Crippen LogP contribution in [0, 0.1) is 0 Å². The summed E-state index contributed by atoms with van der Waals surface area (Å²) in [6.45, 7) is 1.67. The van der Waals surface area contributed by atoms with E-state index in [1.54, 1.807) is 6.92 Å². The monoisotopic (exact) mass is 244 g/mol. The number of rotatable bonds is 3. The number of hydrogen-bond donors (Lipinski definition) is 1. The number of carbonyl (C=O) groups is 1. The molecule has 0 spiro atoms. The van der Waals surface area contributed by atoms with Gasteiger partial charge in [-0.3, -0.25) is 0 Å². The third-order valence-corrected chi connectivity index (χ3v) is 2.23. The Morgan fingerprint density at radius 1 is 1.29 bits per heavy atom. The lowest BCUT2D eigenvalue weighted by atomic mass is 10.1. The van der Waals surface area contributed by atoms with Crippen LogP contribution in [-0.2, 0) is 11.0 Å². The molecule has 92 valence electrons. The van der Waals surface area contributed by atoms with Gasteiger partial charge in [0.05, 0.1) is 5.56 Å². The predicted octanol–water partition coefficient (Wildman–Crippen LogP) is 3.58. The number of benzene rings is 1. The zero-order valence-corrected chi connectivity index (χ0v) is 9.08. The molecule has 1 rings (SSSR count). The maximum absolute atomic E-state index is 12.3. The standard InChI is InChI=1S/C12H11F3O2/c1-2-9(11(16)17)7-8-3-5-10(6-4-8)12(13,14)15/h3-7H,2H2,1H3,(H,16,17). The Kier molecular flexibility index (Phi) is 3.93. The van der Waals surface area contributed by atoms with Crippen LogP contribution in [0.15, 0.2) is 29.8 Å². The van der Waals surface area contributed by atoms with Crippen LogP contribution in [0.25, 0.3) is 6.08 Å². The molecule has 0 unspecified atom stereocenters. The van der Waals surface area contributed by atoms with Crippen molar-refractivity contribution in [2.24, 2.45) is 0 Å². The number of alkyl halides is 3. The van der Waals surface area contributed by atoms with Crippen LogP contribution in [0.1, 0.15) is 24.5 Å². The van der Waals surface area contributed by atoms with Crippen LogP contribution < -0.4 is 0 Å². The van der Waals surface area contributed by atoms with E-state index in [0.29, 0.717) is 12.0 Å². The molecule has 0 bridgehead atoms. The molecule has 1 aromatic carbocycles. The predicted molar refractivity (Wildman–Crippen MR) is 57.3 cm³/mol. The molecule has 0 aromatic heterocycles. The normalized spacial score (nSPS) is 12.6. The van der Waals surface area contributed by atoms with E-state index >= 15 is 0 Å². The summed E-state index contributed by atoms with van der Waals surface area (Å²) >= 11 is 0. The van der Waals surface area contributed by atoms with Crippen molar-refractivity contribution >= 4 is 12.0 Å². The largest absolute Gasteiger partial charge is 0.478 e. The summed E-state index contributed by atoms with van der Waals surface area (Å²) in [4.78, 5) is 10.7. The number of carboxylic acids is 1. The van der Waals surface area contributed by atoms with Crippen LogP contribution in [0.5, 0.6) is 0 Å². The smallest absolute Gasteiger partial charge is 0.416 e. The van der Waals surface area contributed by atoms with Crippen LogP contribution in [0.4, 0.5) is 13.2 Å². The van der Waals surface area contributed by atoms with Gasteiger partial charge in [0.2, 0.25) is 0 Å². The summed E-state index contributed by atoms with van der Waals surface area (Å²) in [5.41, 5.74) is -0.148. The lowest BCUT2D eigenvalue weighted by Crippen LogP contribution is -2.04. The van der Waals surface area contributed by atoms with Gasteiger partial charge in [0.15, 0.2) is 0 Å². The van der Waals surface area contributed by atoms with Crippen LogP contribution in [0.3, 0.4) is 0 Å². The van der Waals surface area contributed by atoms with Gasteiger partial charge < -0.3 is 5.11 Å². The Morgan fingerprint density at radius 3 is 2.18 bits per heavy atom. The lowest BCUT2D eigenvalue weighted by Gasteiger charge is -2.06. The minimum Gasteiger partial charge on any atom is -0.478 e. The van der Waals surface area contributed by atoms with Gasteiger partial charge in [-0.25, -0.2) is 4.79 Å². The van der Waals surface area contributed by atoms with Crippen LogP contribution in [-0.4, -0.2) is 11.1 Å². The van der Waals surface area contributed by atoms with Crippen LogP contribution in [0.2, 0.25) is 0 Å². The molecule has 0 saturated heterocycles. The summed E-state index contributed by atoms with van der Waals surface area (Å²) in [5, 5.41) is 8.77. The van der Waals surface area contributed by atoms with E-state index in [0.717, 1.165) is 12.1 Å². The van der Waals surface area contributed by atoms with Crippen molar-refractivity contribution in [2.75, 3.05) is 0 Å². The Labute approximate surface area is 96.4 Å². The van der Waals surface area contributed by atoms with E-state index in [2.05, 4.69) is 0 Å². The van der Waals surface area contributed by atoms with Crippen molar-refractivity contribution in [3.8, 4) is 0 Å². The van der Waals surface area contributed by atoms with Crippen molar-refractivity contribution in [3.05, 3.63) is 41.0 Å². The highest BCUT2D eigenvalue weighted by Crippen LogP contribution is 2.29. The molecule has 0 fully saturated rings. The SMILES string of the molecule is CCC(=Cc1ccc(C(F)(F)F)cc1)C(=O)O. The van der Waals surface area contributed by atoms with Gasteiger partial charge in [-0.05, 0) is 30.2 Å². The molecule has 1 N–H and O–H groups in total.